The molecule has 0 saturated heterocycles. The highest BCUT2D eigenvalue weighted by molar-refractivity contribution is 7.91. The summed E-state index contributed by atoms with van der Waals surface area (Å²) < 4.78 is 53.5. The molecule has 2 N–H and O–H groups in total. The predicted molar refractivity (Wildman–Crippen MR) is 182 cm³/mol. The SMILES string of the molecule is CC(C)(C)OC(=O)C[C@H]1CCCCC/C=C\[C@@H]2C[C@@]2(C(=O)NS(=O)(=O)C2CC2)NC(=O)[C@@H]2C[C@@H](OC(=O)N3Cc4cccc(F)c4C3)CC2C1=O. The number of Topliss-reactive ketones (excluding diaryl/α,β-unsaturated/α-hetero) is 1. The summed E-state index contributed by atoms with van der Waals surface area (Å²) in [5.41, 5.74) is -1.20. The molecule has 2 heterocycles. The summed E-state index contributed by atoms with van der Waals surface area (Å²) in [5.74, 6) is -5.86. The molecule has 0 bridgehead atoms. The molecule has 1 aromatic rings. The van der Waals surface area contributed by atoms with Crippen molar-refractivity contribution in [2.24, 2.45) is 23.7 Å². The molecular formula is C37H48FN3O9S. The van der Waals surface area contributed by atoms with Crippen molar-refractivity contribution in [1.29, 1.82) is 0 Å². The Morgan fingerprint density at radius 3 is 2.49 bits per heavy atom. The summed E-state index contributed by atoms with van der Waals surface area (Å²) in [4.78, 5) is 70.0. The maximum absolute atomic E-state index is 14.4. The summed E-state index contributed by atoms with van der Waals surface area (Å²) in [6.45, 7) is 5.40. The zero-order chi connectivity index (χ0) is 36.7. The minimum absolute atomic E-state index is 0.0151. The van der Waals surface area contributed by atoms with Crippen molar-refractivity contribution >= 4 is 39.7 Å². The molecule has 5 aliphatic rings. The van der Waals surface area contributed by atoms with Crippen LogP contribution in [0.4, 0.5) is 9.18 Å². The van der Waals surface area contributed by atoms with Crippen molar-refractivity contribution < 1.29 is 46.3 Å². The standard InChI is InChI=1S/C37H48FN3O9S/c1-36(2,3)50-31(42)16-22-10-7-5-4-6-8-12-24-19-37(24,34(45)40-51(47,48)26-14-15-26)39-33(44)28-18-25(17-27(28)32(22)43)49-35(46)41-20-23-11-9-13-30(38)29(23)21-41/h8-9,11-13,22,24-28H,4-7,10,14-21H2,1-3H3,(H,39,44)(H,40,45)/b12-8-/t22-,24-,25+,27?,28-,37-/m1/s1. The summed E-state index contributed by atoms with van der Waals surface area (Å²) in [5, 5.41) is 2.20. The highest BCUT2D eigenvalue weighted by Crippen LogP contribution is 2.47. The van der Waals surface area contributed by atoms with E-state index in [2.05, 4.69) is 10.0 Å². The average Bonchev–Trinajstić information content (AvgIpc) is 3.93. The number of sulfonamides is 1. The van der Waals surface area contributed by atoms with Gasteiger partial charge in [-0.15, -0.1) is 0 Å². The third kappa shape index (κ3) is 8.47. The normalized spacial score (nSPS) is 30.4. The van der Waals surface area contributed by atoms with E-state index < -0.39 is 85.9 Å². The number of allylic oxidation sites excluding steroid dienone is 1. The topological polar surface area (TPSA) is 165 Å². The molecule has 3 amide bonds. The van der Waals surface area contributed by atoms with Gasteiger partial charge in [-0.2, -0.15) is 0 Å². The fourth-order valence-corrected chi connectivity index (χ4v) is 9.08. The van der Waals surface area contributed by atoms with Crippen molar-refractivity contribution in [2.45, 2.75) is 127 Å². The van der Waals surface area contributed by atoms with E-state index in [1.54, 1.807) is 32.9 Å². The number of esters is 1. The number of nitrogens with zero attached hydrogens (tertiary/aromatic N) is 1. The van der Waals surface area contributed by atoms with Gasteiger partial charge in [-0.05, 0) is 83.8 Å². The zero-order valence-electron chi connectivity index (χ0n) is 29.5. The molecule has 1 unspecified atom stereocenters. The van der Waals surface area contributed by atoms with Crippen LogP contribution in [-0.4, -0.2) is 65.5 Å². The molecule has 12 nitrogen and oxygen atoms in total. The molecule has 2 aliphatic heterocycles. The van der Waals surface area contributed by atoms with Crippen LogP contribution in [0.15, 0.2) is 30.4 Å². The van der Waals surface area contributed by atoms with Gasteiger partial charge in [-0.25, -0.2) is 17.6 Å². The maximum Gasteiger partial charge on any atom is 0.410 e. The highest BCUT2D eigenvalue weighted by Gasteiger charge is 2.62. The van der Waals surface area contributed by atoms with Gasteiger partial charge in [0.05, 0.1) is 24.1 Å². The number of hydrogen-bond donors (Lipinski definition) is 2. The van der Waals surface area contributed by atoms with E-state index in [-0.39, 0.29) is 44.6 Å². The number of ketones is 1. The molecule has 0 aromatic heterocycles. The number of carbonyl (C=O) groups is 5. The van der Waals surface area contributed by atoms with Crippen LogP contribution in [0.1, 0.15) is 103 Å². The van der Waals surface area contributed by atoms with Crippen LogP contribution in [-0.2, 0) is 51.8 Å². The van der Waals surface area contributed by atoms with Crippen molar-refractivity contribution in [2.75, 3.05) is 0 Å². The van der Waals surface area contributed by atoms with Crippen LogP contribution in [0.5, 0.6) is 0 Å². The van der Waals surface area contributed by atoms with Crippen LogP contribution in [0.3, 0.4) is 0 Å². The second-order valence-electron chi connectivity index (χ2n) is 15.8. The first-order valence-electron chi connectivity index (χ1n) is 18.1. The first kappa shape index (κ1) is 37.0. The molecule has 1 aromatic carbocycles. The van der Waals surface area contributed by atoms with Crippen LogP contribution >= 0.6 is 0 Å². The third-order valence-corrected chi connectivity index (χ3v) is 12.5. The van der Waals surface area contributed by atoms with E-state index in [9.17, 15) is 36.8 Å². The van der Waals surface area contributed by atoms with Gasteiger partial charge in [-0.1, -0.05) is 37.1 Å². The lowest BCUT2D eigenvalue weighted by Crippen LogP contribution is -2.54. The van der Waals surface area contributed by atoms with E-state index in [0.717, 1.165) is 12.8 Å². The molecule has 3 fully saturated rings. The van der Waals surface area contributed by atoms with Gasteiger partial charge in [0.2, 0.25) is 15.9 Å². The van der Waals surface area contributed by atoms with Gasteiger partial charge in [0.1, 0.15) is 28.8 Å². The summed E-state index contributed by atoms with van der Waals surface area (Å²) >= 11 is 0. The van der Waals surface area contributed by atoms with Gasteiger partial charge in [0.25, 0.3) is 5.91 Å². The summed E-state index contributed by atoms with van der Waals surface area (Å²) in [6.07, 6.45) is 6.48. The van der Waals surface area contributed by atoms with Crippen LogP contribution < -0.4 is 10.0 Å². The number of ether oxygens (including phenoxy) is 2. The monoisotopic (exact) mass is 729 g/mol. The average molecular weight is 730 g/mol. The van der Waals surface area contributed by atoms with Gasteiger partial charge in [-0.3, -0.25) is 28.8 Å². The number of nitrogens with one attached hydrogen (secondary N) is 2. The molecular weight excluding hydrogens is 681 g/mol. The molecule has 3 aliphatic carbocycles. The Labute approximate surface area is 298 Å². The second kappa shape index (κ2) is 14.3. The largest absolute Gasteiger partial charge is 0.460 e. The van der Waals surface area contributed by atoms with Crippen molar-refractivity contribution in [3.05, 3.63) is 47.3 Å². The second-order valence-corrected chi connectivity index (χ2v) is 17.8. The predicted octanol–water partition coefficient (Wildman–Crippen LogP) is 4.59. The third-order valence-electron chi connectivity index (χ3n) is 10.7. The molecule has 0 radical (unpaired) electrons. The molecule has 278 valence electrons. The lowest BCUT2D eigenvalue weighted by Gasteiger charge is -2.26. The fourth-order valence-electron chi connectivity index (χ4n) is 7.72. The number of rotatable bonds is 6. The first-order chi connectivity index (χ1) is 24.1. The van der Waals surface area contributed by atoms with Gasteiger partial charge >= 0.3 is 12.1 Å². The smallest absolute Gasteiger partial charge is 0.410 e. The summed E-state index contributed by atoms with van der Waals surface area (Å²) in [7, 11) is -3.90. The highest BCUT2D eigenvalue weighted by atomic mass is 32.2. The number of hydrogen-bond acceptors (Lipinski definition) is 9. The van der Waals surface area contributed by atoms with Crippen LogP contribution in [0.2, 0.25) is 0 Å². The number of carbonyl (C=O) groups excluding carboxylic acids is 5. The first-order valence-corrected chi connectivity index (χ1v) is 19.6. The van der Waals surface area contributed by atoms with E-state index in [0.29, 0.717) is 43.2 Å². The molecule has 3 saturated carbocycles. The van der Waals surface area contributed by atoms with Crippen LogP contribution in [0.25, 0.3) is 0 Å². The minimum atomic E-state index is -3.90. The van der Waals surface area contributed by atoms with Crippen molar-refractivity contribution in [3.8, 4) is 0 Å². The molecule has 6 atom stereocenters. The zero-order valence-corrected chi connectivity index (χ0v) is 30.3. The van der Waals surface area contributed by atoms with E-state index in [1.807, 2.05) is 12.2 Å². The van der Waals surface area contributed by atoms with Gasteiger partial charge in [0, 0.05) is 29.9 Å². The molecule has 51 heavy (non-hydrogen) atoms. The number of halogens is 1. The lowest BCUT2D eigenvalue weighted by molar-refractivity contribution is -0.157. The van der Waals surface area contributed by atoms with Crippen LogP contribution in [0, 0.1) is 29.5 Å². The lowest BCUT2D eigenvalue weighted by atomic mass is 9.81. The van der Waals surface area contributed by atoms with E-state index in [4.69, 9.17) is 9.47 Å². The van der Waals surface area contributed by atoms with Gasteiger partial charge in [0.15, 0.2) is 0 Å². The quantitative estimate of drug-likeness (QED) is 0.315. The van der Waals surface area contributed by atoms with E-state index >= 15 is 0 Å². The Balaban J connectivity index is 1.25. The Morgan fingerprint density at radius 2 is 1.78 bits per heavy atom. The number of fused-ring (bicyclic) bond motifs is 3. The van der Waals surface area contributed by atoms with E-state index in [1.165, 1.54) is 11.0 Å². The Bertz CT molecular complexity index is 1720. The van der Waals surface area contributed by atoms with Gasteiger partial charge < -0.3 is 14.8 Å². The summed E-state index contributed by atoms with van der Waals surface area (Å²) in [6, 6.07) is 4.64. The fraction of sp³-hybridized carbons (Fsp3) is 0.649. The minimum Gasteiger partial charge on any atom is -0.460 e. The van der Waals surface area contributed by atoms with Crippen molar-refractivity contribution in [1.82, 2.24) is 14.9 Å². The Morgan fingerprint density at radius 1 is 1.04 bits per heavy atom. The number of benzene rings is 1. The Hall–Kier alpha value is -3.81. The van der Waals surface area contributed by atoms with Crippen molar-refractivity contribution in [3.63, 3.8) is 0 Å². The molecule has 14 heteroatoms. The maximum atomic E-state index is 14.4. The molecule has 0 spiro atoms. The number of amides is 3. The Kier molecular flexibility index (Phi) is 10.4. The molecule has 6 rings (SSSR count).